The van der Waals surface area contributed by atoms with Gasteiger partial charge in [-0.05, 0) is 54.4 Å². The molecule has 41 heavy (non-hydrogen) atoms. The van der Waals surface area contributed by atoms with Crippen LogP contribution in [-0.4, -0.2) is 86.4 Å². The van der Waals surface area contributed by atoms with Crippen LogP contribution in [0.5, 0.6) is 0 Å². The van der Waals surface area contributed by atoms with Crippen LogP contribution < -0.4 is 0 Å². The van der Waals surface area contributed by atoms with Crippen molar-refractivity contribution < 1.29 is 28.5 Å². The number of aliphatic hydroxyl groups excluding tert-OH is 1. The molecule has 1 N–H and O–H groups in total. The number of ether oxygens (including phenoxy) is 3. The van der Waals surface area contributed by atoms with Gasteiger partial charge < -0.3 is 24.2 Å². The van der Waals surface area contributed by atoms with E-state index in [0.717, 1.165) is 6.42 Å². The Labute approximate surface area is 253 Å². The molecule has 4 heterocycles. The van der Waals surface area contributed by atoms with Crippen molar-refractivity contribution in [1.82, 2.24) is 24.9 Å². The predicted molar refractivity (Wildman–Crippen MR) is 155 cm³/mol. The topological polar surface area (TPSA) is 112 Å². The van der Waals surface area contributed by atoms with Gasteiger partial charge in [0, 0.05) is 40.8 Å². The number of halogens is 3. The fourth-order valence-electron chi connectivity index (χ4n) is 4.55. The fourth-order valence-corrected chi connectivity index (χ4v) is 6.35. The van der Waals surface area contributed by atoms with Crippen LogP contribution >= 0.6 is 39.3 Å². The lowest BCUT2D eigenvalue weighted by Crippen LogP contribution is -2.46. The maximum absolute atomic E-state index is 14.2. The summed E-state index contributed by atoms with van der Waals surface area (Å²) >= 11 is 10.6. The number of hydrogen-bond donors (Lipinski definition) is 1. The van der Waals surface area contributed by atoms with Gasteiger partial charge in [-0.25, -0.2) is 14.1 Å². The quantitative estimate of drug-likeness (QED) is 0.342. The van der Waals surface area contributed by atoms with E-state index >= 15 is 0 Å². The predicted octanol–water partition coefficient (Wildman–Crippen LogP) is 4.86. The molecule has 0 bridgehead atoms. The van der Waals surface area contributed by atoms with Crippen molar-refractivity contribution in [3.05, 3.63) is 63.4 Å². The minimum Gasteiger partial charge on any atom is -0.496 e. The van der Waals surface area contributed by atoms with Crippen LogP contribution in [-0.2, 0) is 14.2 Å². The van der Waals surface area contributed by atoms with Gasteiger partial charge in [0.2, 0.25) is 0 Å². The summed E-state index contributed by atoms with van der Waals surface area (Å²) in [5.74, 6) is -0.435. The number of carbonyl (C=O) groups excluding carboxylic acids is 1. The number of thioether (sulfide) groups is 1. The summed E-state index contributed by atoms with van der Waals surface area (Å²) in [6, 6.07) is 6.18. The van der Waals surface area contributed by atoms with Gasteiger partial charge in [-0.3, -0.25) is 4.79 Å². The highest BCUT2D eigenvalue weighted by molar-refractivity contribution is 9.10. The number of nitrogens with zero attached hydrogens (tertiary/aromatic N) is 5. The van der Waals surface area contributed by atoms with E-state index in [-0.39, 0.29) is 10.9 Å². The molecule has 2 aliphatic heterocycles. The summed E-state index contributed by atoms with van der Waals surface area (Å²) in [6.45, 7) is 5.11. The second kappa shape index (κ2) is 12.8. The Bertz CT molecular complexity index is 1470. The fraction of sp³-hybridized carbons (Fsp3) is 0.407. The van der Waals surface area contributed by atoms with Gasteiger partial charge in [-0.2, -0.15) is 0 Å². The number of benzene rings is 1. The van der Waals surface area contributed by atoms with E-state index in [2.05, 4.69) is 31.2 Å². The number of aromatic nitrogens is 4. The molecule has 1 aromatic carbocycles. The lowest BCUT2D eigenvalue weighted by atomic mass is 10.1. The van der Waals surface area contributed by atoms with Gasteiger partial charge in [0.1, 0.15) is 40.5 Å². The Kier molecular flexibility index (Phi) is 9.31. The maximum atomic E-state index is 14.2. The lowest BCUT2D eigenvalue weighted by molar-refractivity contribution is -0.0942. The number of rotatable bonds is 9. The zero-order valence-corrected chi connectivity index (χ0v) is 25.6. The number of aliphatic hydroxyl groups is 1. The van der Waals surface area contributed by atoms with E-state index in [1.807, 2.05) is 13.0 Å². The summed E-state index contributed by atoms with van der Waals surface area (Å²) in [5.41, 5.74) is 0.881. The van der Waals surface area contributed by atoms with Gasteiger partial charge in [0.15, 0.2) is 5.76 Å². The summed E-state index contributed by atoms with van der Waals surface area (Å²) in [6.07, 6.45) is 1.53. The Morgan fingerprint density at radius 2 is 2.15 bits per heavy atom. The third-order valence-electron chi connectivity index (χ3n) is 6.68. The van der Waals surface area contributed by atoms with E-state index in [4.69, 9.17) is 25.8 Å². The third-order valence-corrected chi connectivity index (χ3v) is 8.57. The van der Waals surface area contributed by atoms with Gasteiger partial charge in [-0.15, -0.1) is 5.10 Å². The molecule has 1 fully saturated rings. The van der Waals surface area contributed by atoms with Crippen molar-refractivity contribution in [3.8, 4) is 11.3 Å². The minimum absolute atomic E-state index is 0.00000177. The molecule has 3 aromatic rings. The Morgan fingerprint density at radius 1 is 1.37 bits per heavy atom. The van der Waals surface area contributed by atoms with Crippen LogP contribution in [0.3, 0.4) is 0 Å². The summed E-state index contributed by atoms with van der Waals surface area (Å²) in [5, 5.41) is 19.3. The first-order valence-corrected chi connectivity index (χ1v) is 15.0. The molecule has 2 aliphatic rings. The third kappa shape index (κ3) is 6.15. The SMILES string of the molecule is CCOC1C(n2cc(-c3ccc(Cl)c(F)c3)nn2)=C(OC)C(C(C)O)O[C@@H]1Sc1cc(Br)cnc1C(=O)N1CCC1. The molecule has 4 atom stereocenters. The van der Waals surface area contributed by atoms with Crippen molar-refractivity contribution in [2.24, 2.45) is 0 Å². The lowest BCUT2D eigenvalue weighted by Gasteiger charge is -2.39. The molecule has 3 unspecified atom stereocenters. The molecule has 1 saturated heterocycles. The van der Waals surface area contributed by atoms with Gasteiger partial charge in [0.25, 0.3) is 5.91 Å². The second-order valence-electron chi connectivity index (χ2n) is 9.44. The number of hydrogen-bond acceptors (Lipinski definition) is 9. The number of likely N-dealkylation sites (tertiary alicyclic amines) is 1. The monoisotopic (exact) mass is 667 g/mol. The van der Waals surface area contributed by atoms with Crippen LogP contribution in [0.15, 0.2) is 51.8 Å². The number of carbonyl (C=O) groups is 1. The highest BCUT2D eigenvalue weighted by atomic mass is 79.9. The van der Waals surface area contributed by atoms with Crippen LogP contribution in [0.4, 0.5) is 4.39 Å². The van der Waals surface area contributed by atoms with Crippen LogP contribution in [0.1, 0.15) is 30.8 Å². The largest absolute Gasteiger partial charge is 0.496 e. The molecule has 0 aliphatic carbocycles. The van der Waals surface area contributed by atoms with Gasteiger partial charge in [0.05, 0.1) is 24.4 Å². The van der Waals surface area contributed by atoms with Crippen molar-refractivity contribution >= 4 is 50.9 Å². The maximum Gasteiger partial charge on any atom is 0.273 e. The zero-order chi connectivity index (χ0) is 29.3. The van der Waals surface area contributed by atoms with Crippen molar-refractivity contribution in [2.45, 2.75) is 48.9 Å². The van der Waals surface area contributed by atoms with Crippen LogP contribution in [0.2, 0.25) is 5.02 Å². The molecule has 0 radical (unpaired) electrons. The smallest absolute Gasteiger partial charge is 0.273 e. The molecule has 14 heteroatoms. The molecule has 0 spiro atoms. The van der Waals surface area contributed by atoms with Gasteiger partial charge >= 0.3 is 0 Å². The first-order valence-electron chi connectivity index (χ1n) is 12.9. The summed E-state index contributed by atoms with van der Waals surface area (Å²) < 4.78 is 34.7. The van der Waals surface area contributed by atoms with Crippen molar-refractivity contribution in [1.29, 1.82) is 0 Å². The Balaban J connectivity index is 1.56. The van der Waals surface area contributed by atoms with Crippen LogP contribution in [0, 0.1) is 5.82 Å². The first-order chi connectivity index (χ1) is 19.7. The molecule has 10 nitrogen and oxygen atoms in total. The highest BCUT2D eigenvalue weighted by Crippen LogP contribution is 2.42. The molecule has 5 rings (SSSR count). The average Bonchev–Trinajstić information content (AvgIpc) is 3.39. The standard InChI is InChI=1S/C27H28BrClFN5O5S/c1-4-39-25-22(35-13-19(32-33-35)15-6-7-17(29)18(30)10-15)24(38-3)23(14(2)36)40-27(25)41-20-11-16(28)12-31-21(20)26(37)34-8-5-9-34/h6-7,10-14,23,25,27,36H,4-5,8-9H2,1-3H3/t14?,23?,25?,27-/m1/s1. The molecule has 0 saturated carbocycles. The highest BCUT2D eigenvalue weighted by Gasteiger charge is 2.44. The Morgan fingerprint density at radius 3 is 2.78 bits per heavy atom. The normalized spacial score (nSPS) is 21.5. The second-order valence-corrected chi connectivity index (χ2v) is 11.9. The number of methoxy groups -OCH3 is 1. The average molecular weight is 669 g/mol. The van der Waals surface area contributed by atoms with Gasteiger partial charge in [-0.1, -0.05) is 34.6 Å². The van der Waals surface area contributed by atoms with E-state index in [0.29, 0.717) is 57.5 Å². The molecule has 218 valence electrons. The molecule has 2 aromatic heterocycles. The summed E-state index contributed by atoms with van der Waals surface area (Å²) in [7, 11) is 1.47. The van der Waals surface area contributed by atoms with Crippen molar-refractivity contribution in [2.75, 3.05) is 26.8 Å². The number of amides is 1. The Hall–Kier alpha value is -2.55. The first kappa shape index (κ1) is 29.9. The number of pyridine rings is 1. The van der Waals surface area contributed by atoms with E-state index in [9.17, 15) is 14.3 Å². The zero-order valence-electron chi connectivity index (χ0n) is 22.5. The van der Waals surface area contributed by atoms with E-state index in [1.54, 1.807) is 30.3 Å². The van der Waals surface area contributed by atoms with E-state index < -0.39 is 29.6 Å². The van der Waals surface area contributed by atoms with E-state index in [1.165, 1.54) is 35.7 Å². The molecular formula is C27H28BrClFN5O5S. The van der Waals surface area contributed by atoms with Crippen LogP contribution in [0.25, 0.3) is 17.0 Å². The van der Waals surface area contributed by atoms with Crippen molar-refractivity contribution in [3.63, 3.8) is 0 Å². The molecular weight excluding hydrogens is 641 g/mol. The summed E-state index contributed by atoms with van der Waals surface area (Å²) in [4.78, 5) is 19.9. The molecule has 1 amide bonds. The minimum atomic E-state index is -0.971.